The lowest BCUT2D eigenvalue weighted by molar-refractivity contribution is 0.0866. The van der Waals surface area contributed by atoms with Crippen LogP contribution < -0.4 is 5.32 Å². The molecule has 28 heavy (non-hydrogen) atoms. The third-order valence-corrected chi connectivity index (χ3v) is 5.36. The quantitative estimate of drug-likeness (QED) is 0.642. The highest BCUT2D eigenvalue weighted by Gasteiger charge is 2.25. The molecule has 0 bridgehead atoms. The van der Waals surface area contributed by atoms with Crippen LogP contribution in [0.15, 0.2) is 48.5 Å². The van der Waals surface area contributed by atoms with Gasteiger partial charge in [-0.1, -0.05) is 30.3 Å². The normalized spacial score (nSPS) is 18.4. The molecule has 7 heteroatoms. The van der Waals surface area contributed by atoms with E-state index >= 15 is 0 Å². The fourth-order valence-electron chi connectivity index (χ4n) is 3.78. The third-order valence-electron chi connectivity index (χ3n) is 5.36. The van der Waals surface area contributed by atoms with Crippen LogP contribution in [0.1, 0.15) is 28.4 Å². The Balaban J connectivity index is 1.30. The van der Waals surface area contributed by atoms with Crippen LogP contribution in [-0.4, -0.2) is 70.9 Å². The minimum atomic E-state index is -0.0668. The number of hydrogen-bond acceptors (Lipinski definition) is 5. The Morgan fingerprint density at radius 2 is 1.96 bits per heavy atom. The van der Waals surface area contributed by atoms with E-state index in [0.717, 1.165) is 38.1 Å². The fraction of sp³-hybridized carbons (Fsp3) is 0.381. The number of carbonyl (C=O) groups is 1. The molecule has 1 aliphatic rings. The molecule has 1 unspecified atom stereocenters. The summed E-state index contributed by atoms with van der Waals surface area (Å²) in [4.78, 5) is 17.3. The first-order valence-electron chi connectivity index (χ1n) is 9.77. The standard InChI is InChI=1S/C21H26N6O/c1-26-12-13-27(20(15-26)16-6-3-2-4-7-16)11-5-10-22-21(28)17-8-9-18-19(14-17)24-25-23-18/h2-4,6-9,14,20H,5,10-13,15H2,1H3,(H,22,28)(H,23,24,25). The zero-order valence-electron chi connectivity index (χ0n) is 16.1. The summed E-state index contributed by atoms with van der Waals surface area (Å²) in [5.74, 6) is -0.0668. The molecule has 1 aromatic heterocycles. The number of amides is 1. The number of H-pyrrole nitrogens is 1. The van der Waals surface area contributed by atoms with Gasteiger partial charge in [-0.05, 0) is 37.2 Å². The maximum absolute atomic E-state index is 12.4. The Bertz CT molecular complexity index is 925. The highest BCUT2D eigenvalue weighted by molar-refractivity contribution is 5.97. The summed E-state index contributed by atoms with van der Waals surface area (Å²) < 4.78 is 0. The summed E-state index contributed by atoms with van der Waals surface area (Å²) in [6.45, 7) is 4.79. The molecule has 2 heterocycles. The largest absolute Gasteiger partial charge is 0.352 e. The van der Waals surface area contributed by atoms with Gasteiger partial charge in [0.2, 0.25) is 0 Å². The topological polar surface area (TPSA) is 77.1 Å². The Labute approximate surface area is 164 Å². The van der Waals surface area contributed by atoms with Gasteiger partial charge in [0.15, 0.2) is 0 Å². The minimum absolute atomic E-state index is 0.0668. The van der Waals surface area contributed by atoms with Gasteiger partial charge in [-0.3, -0.25) is 9.69 Å². The number of aromatic nitrogens is 3. The maximum Gasteiger partial charge on any atom is 0.251 e. The number of carbonyl (C=O) groups excluding carboxylic acids is 1. The van der Waals surface area contributed by atoms with E-state index in [1.54, 1.807) is 12.1 Å². The van der Waals surface area contributed by atoms with E-state index in [9.17, 15) is 4.79 Å². The number of aromatic amines is 1. The average molecular weight is 378 g/mol. The summed E-state index contributed by atoms with van der Waals surface area (Å²) in [7, 11) is 2.18. The molecular formula is C21H26N6O. The molecule has 1 aliphatic heterocycles. The van der Waals surface area contributed by atoms with E-state index < -0.39 is 0 Å². The number of likely N-dealkylation sites (N-methyl/N-ethyl adjacent to an activating group) is 1. The van der Waals surface area contributed by atoms with E-state index in [-0.39, 0.29) is 5.91 Å². The fourth-order valence-corrected chi connectivity index (χ4v) is 3.78. The van der Waals surface area contributed by atoms with Gasteiger partial charge in [0.1, 0.15) is 11.0 Å². The van der Waals surface area contributed by atoms with E-state index in [4.69, 9.17) is 0 Å². The van der Waals surface area contributed by atoms with Crippen molar-refractivity contribution in [3.05, 3.63) is 59.7 Å². The van der Waals surface area contributed by atoms with Gasteiger partial charge in [-0.25, -0.2) is 0 Å². The molecule has 0 spiro atoms. The zero-order valence-corrected chi connectivity index (χ0v) is 16.1. The van der Waals surface area contributed by atoms with Crippen molar-refractivity contribution >= 4 is 16.9 Å². The molecule has 2 aromatic carbocycles. The van der Waals surface area contributed by atoms with E-state index in [1.165, 1.54) is 5.56 Å². The molecule has 2 N–H and O–H groups in total. The van der Waals surface area contributed by atoms with Gasteiger partial charge >= 0.3 is 0 Å². The van der Waals surface area contributed by atoms with Crippen LogP contribution in [0.25, 0.3) is 11.0 Å². The molecule has 1 atom stereocenters. The molecular weight excluding hydrogens is 352 g/mol. The predicted octanol–water partition coefficient (Wildman–Crippen LogP) is 2.07. The van der Waals surface area contributed by atoms with Crippen LogP contribution in [0.2, 0.25) is 0 Å². The molecule has 7 nitrogen and oxygen atoms in total. The molecule has 0 saturated carbocycles. The van der Waals surface area contributed by atoms with Crippen molar-refractivity contribution < 1.29 is 4.79 Å². The Kier molecular flexibility index (Phi) is 5.64. The molecule has 146 valence electrons. The van der Waals surface area contributed by atoms with E-state index in [0.29, 0.717) is 23.7 Å². The van der Waals surface area contributed by atoms with Crippen LogP contribution >= 0.6 is 0 Å². The molecule has 1 amide bonds. The summed E-state index contributed by atoms with van der Waals surface area (Å²) in [6.07, 6.45) is 0.922. The lowest BCUT2D eigenvalue weighted by Crippen LogP contribution is -2.47. The summed E-state index contributed by atoms with van der Waals surface area (Å²) >= 11 is 0. The Morgan fingerprint density at radius 1 is 1.14 bits per heavy atom. The van der Waals surface area contributed by atoms with Gasteiger partial charge in [0.25, 0.3) is 5.91 Å². The van der Waals surface area contributed by atoms with Crippen molar-refractivity contribution in [3.63, 3.8) is 0 Å². The average Bonchev–Trinajstić information content (AvgIpc) is 3.20. The number of fused-ring (bicyclic) bond motifs is 1. The minimum Gasteiger partial charge on any atom is -0.352 e. The van der Waals surface area contributed by atoms with Gasteiger partial charge in [0.05, 0.1) is 0 Å². The van der Waals surface area contributed by atoms with Gasteiger partial charge in [0, 0.05) is 44.3 Å². The first-order valence-corrected chi connectivity index (χ1v) is 9.77. The van der Waals surface area contributed by atoms with E-state index in [2.05, 4.69) is 67.9 Å². The maximum atomic E-state index is 12.4. The third kappa shape index (κ3) is 4.21. The van der Waals surface area contributed by atoms with Crippen molar-refractivity contribution in [1.29, 1.82) is 0 Å². The van der Waals surface area contributed by atoms with Crippen molar-refractivity contribution in [2.45, 2.75) is 12.5 Å². The molecule has 3 aromatic rings. The molecule has 1 fully saturated rings. The Morgan fingerprint density at radius 3 is 2.82 bits per heavy atom. The van der Waals surface area contributed by atoms with Crippen LogP contribution in [0.4, 0.5) is 0 Å². The van der Waals surface area contributed by atoms with Gasteiger partial charge in [-0.2, -0.15) is 15.4 Å². The van der Waals surface area contributed by atoms with Crippen molar-refractivity contribution in [2.75, 3.05) is 39.8 Å². The number of piperazine rings is 1. The predicted molar refractivity (Wildman–Crippen MR) is 109 cm³/mol. The second-order valence-corrected chi connectivity index (χ2v) is 7.36. The smallest absolute Gasteiger partial charge is 0.251 e. The van der Waals surface area contributed by atoms with Crippen molar-refractivity contribution in [2.24, 2.45) is 0 Å². The van der Waals surface area contributed by atoms with Crippen molar-refractivity contribution in [3.8, 4) is 0 Å². The molecule has 1 saturated heterocycles. The highest BCUT2D eigenvalue weighted by atomic mass is 16.1. The van der Waals surface area contributed by atoms with Crippen LogP contribution in [0, 0.1) is 0 Å². The Hall–Kier alpha value is -2.77. The van der Waals surface area contributed by atoms with Gasteiger partial charge < -0.3 is 10.2 Å². The first kappa shape index (κ1) is 18.6. The van der Waals surface area contributed by atoms with Crippen LogP contribution in [-0.2, 0) is 0 Å². The summed E-state index contributed by atoms with van der Waals surface area (Å²) in [5, 5.41) is 13.6. The highest BCUT2D eigenvalue weighted by Crippen LogP contribution is 2.24. The molecule has 0 aliphatic carbocycles. The zero-order chi connectivity index (χ0) is 19.3. The van der Waals surface area contributed by atoms with Crippen LogP contribution in [0.5, 0.6) is 0 Å². The number of rotatable bonds is 6. The lowest BCUT2D eigenvalue weighted by Gasteiger charge is -2.40. The van der Waals surface area contributed by atoms with E-state index in [1.807, 2.05) is 6.07 Å². The summed E-state index contributed by atoms with van der Waals surface area (Å²) in [6, 6.07) is 16.4. The summed E-state index contributed by atoms with van der Waals surface area (Å²) in [5.41, 5.74) is 3.44. The lowest BCUT2D eigenvalue weighted by atomic mass is 10.0. The first-order chi connectivity index (χ1) is 13.7. The van der Waals surface area contributed by atoms with Crippen LogP contribution in [0.3, 0.4) is 0 Å². The SMILES string of the molecule is CN1CCN(CCCNC(=O)c2ccc3n[nH]nc3c2)C(c2ccccc2)C1. The second-order valence-electron chi connectivity index (χ2n) is 7.36. The second kappa shape index (κ2) is 8.50. The number of nitrogens with one attached hydrogen (secondary N) is 2. The number of hydrogen-bond donors (Lipinski definition) is 2. The monoisotopic (exact) mass is 378 g/mol. The molecule has 0 radical (unpaired) electrons. The molecule has 4 rings (SSSR count). The van der Waals surface area contributed by atoms with Gasteiger partial charge in [-0.15, -0.1) is 0 Å². The number of benzene rings is 2. The number of nitrogens with zero attached hydrogens (tertiary/aromatic N) is 4. The van der Waals surface area contributed by atoms with Crippen molar-refractivity contribution in [1.82, 2.24) is 30.5 Å².